The van der Waals surface area contributed by atoms with E-state index in [1.807, 2.05) is 0 Å². The van der Waals surface area contributed by atoms with Crippen molar-refractivity contribution in [3.63, 3.8) is 0 Å². The Hall–Kier alpha value is -0.200. The molecule has 4 atom stereocenters. The molecule has 20 heavy (non-hydrogen) atoms. The van der Waals surface area contributed by atoms with Crippen LogP contribution in [0.25, 0.3) is 0 Å². The van der Waals surface area contributed by atoms with E-state index in [1.54, 1.807) is 0 Å². The predicted octanol–water partition coefficient (Wildman–Crippen LogP) is 0.948. The largest absolute Gasteiger partial charge is 0.389 e. The number of hydrogen-bond donors (Lipinski definition) is 2. The first-order valence-corrected chi connectivity index (χ1v) is 7.93. The van der Waals surface area contributed by atoms with Gasteiger partial charge in [-0.3, -0.25) is 0 Å². The lowest BCUT2D eigenvalue weighted by Gasteiger charge is -2.28. The van der Waals surface area contributed by atoms with Crippen molar-refractivity contribution >= 4 is 0 Å². The average molecular weight is 287 g/mol. The van der Waals surface area contributed by atoms with Gasteiger partial charge in [-0.05, 0) is 18.8 Å². The van der Waals surface area contributed by atoms with Crippen LogP contribution in [0.4, 0.5) is 0 Å². The number of ether oxygens (including phenoxy) is 3. The second-order valence-electron chi connectivity index (χ2n) is 6.11. The summed E-state index contributed by atoms with van der Waals surface area (Å²) in [6, 6.07) is 0. The minimum atomic E-state index is -0.447. The Morgan fingerprint density at radius 2 is 2.25 bits per heavy atom. The van der Waals surface area contributed by atoms with Crippen molar-refractivity contribution in [2.24, 2.45) is 5.92 Å². The van der Waals surface area contributed by atoms with Crippen molar-refractivity contribution in [3.8, 4) is 0 Å². The summed E-state index contributed by atoms with van der Waals surface area (Å²) in [6.45, 7) is 5.95. The molecule has 5 nitrogen and oxygen atoms in total. The predicted molar refractivity (Wildman–Crippen MR) is 76.8 cm³/mol. The maximum Gasteiger partial charge on any atom is 0.0933 e. The van der Waals surface area contributed by atoms with Gasteiger partial charge in [0.1, 0.15) is 0 Å². The Morgan fingerprint density at radius 1 is 1.35 bits per heavy atom. The normalized spacial score (nSPS) is 33.0. The maximum atomic E-state index is 9.92. The van der Waals surface area contributed by atoms with E-state index in [0.29, 0.717) is 39.1 Å². The van der Waals surface area contributed by atoms with Crippen LogP contribution in [0.5, 0.6) is 0 Å². The molecular weight excluding hydrogens is 258 g/mol. The molecule has 0 aromatic rings. The van der Waals surface area contributed by atoms with Crippen LogP contribution in [0.1, 0.15) is 32.6 Å². The van der Waals surface area contributed by atoms with Crippen LogP contribution in [0.3, 0.4) is 0 Å². The molecule has 2 fully saturated rings. The van der Waals surface area contributed by atoms with Gasteiger partial charge in [0, 0.05) is 13.1 Å². The zero-order valence-electron chi connectivity index (χ0n) is 12.6. The molecular formula is C15H29NO4. The van der Waals surface area contributed by atoms with Gasteiger partial charge in [-0.1, -0.05) is 19.8 Å². The quantitative estimate of drug-likeness (QED) is 0.730. The van der Waals surface area contributed by atoms with Crippen LogP contribution in [0.2, 0.25) is 0 Å². The third-order valence-corrected chi connectivity index (χ3v) is 4.05. The summed E-state index contributed by atoms with van der Waals surface area (Å²) in [4.78, 5) is 0. The molecule has 5 heteroatoms. The summed E-state index contributed by atoms with van der Waals surface area (Å²) in [7, 11) is 0. The third-order valence-electron chi connectivity index (χ3n) is 4.05. The summed E-state index contributed by atoms with van der Waals surface area (Å²) in [5.74, 6) is 0.757. The molecule has 0 bridgehead atoms. The van der Waals surface area contributed by atoms with E-state index in [4.69, 9.17) is 14.2 Å². The monoisotopic (exact) mass is 287 g/mol. The van der Waals surface area contributed by atoms with Crippen molar-refractivity contribution in [2.75, 3.05) is 39.5 Å². The summed E-state index contributed by atoms with van der Waals surface area (Å²) in [5, 5.41) is 13.1. The molecule has 1 saturated carbocycles. The zero-order valence-corrected chi connectivity index (χ0v) is 12.6. The highest BCUT2D eigenvalue weighted by atomic mass is 16.6. The van der Waals surface area contributed by atoms with Crippen LogP contribution < -0.4 is 5.32 Å². The number of rotatable bonds is 7. The summed E-state index contributed by atoms with van der Waals surface area (Å²) in [6.07, 6.45) is 4.83. The topological polar surface area (TPSA) is 60.0 Å². The summed E-state index contributed by atoms with van der Waals surface area (Å²) in [5.41, 5.74) is 0. The fourth-order valence-electron chi connectivity index (χ4n) is 2.90. The Morgan fingerprint density at radius 3 is 3.00 bits per heavy atom. The Kier molecular flexibility index (Phi) is 7.24. The molecule has 0 aromatic carbocycles. The van der Waals surface area contributed by atoms with Gasteiger partial charge < -0.3 is 24.6 Å². The van der Waals surface area contributed by atoms with Crippen LogP contribution >= 0.6 is 0 Å². The van der Waals surface area contributed by atoms with Gasteiger partial charge in [0.2, 0.25) is 0 Å². The van der Waals surface area contributed by atoms with Gasteiger partial charge >= 0.3 is 0 Å². The molecule has 0 radical (unpaired) electrons. The van der Waals surface area contributed by atoms with Crippen LogP contribution in [0, 0.1) is 5.92 Å². The minimum Gasteiger partial charge on any atom is -0.389 e. The standard InChI is InChI=1S/C15H29NO4/c1-12-3-2-4-14(7-12)20-10-13(17)8-16-9-15-11-18-5-6-19-15/h12-17H,2-11H2,1H3. The van der Waals surface area contributed by atoms with Crippen LogP contribution in [0.15, 0.2) is 0 Å². The molecule has 4 unspecified atom stereocenters. The van der Waals surface area contributed by atoms with Gasteiger partial charge in [-0.25, -0.2) is 0 Å². The smallest absolute Gasteiger partial charge is 0.0933 e. The molecule has 2 rings (SSSR count). The highest BCUT2D eigenvalue weighted by Gasteiger charge is 2.20. The molecule has 118 valence electrons. The van der Waals surface area contributed by atoms with E-state index >= 15 is 0 Å². The zero-order chi connectivity index (χ0) is 14.2. The van der Waals surface area contributed by atoms with Gasteiger partial charge in [0.15, 0.2) is 0 Å². The molecule has 2 aliphatic rings. The lowest BCUT2D eigenvalue weighted by molar-refractivity contribution is -0.0875. The minimum absolute atomic E-state index is 0.107. The van der Waals surface area contributed by atoms with Crippen LogP contribution in [-0.2, 0) is 14.2 Å². The maximum absolute atomic E-state index is 9.92. The Labute approximate surface area is 122 Å². The second-order valence-corrected chi connectivity index (χ2v) is 6.11. The van der Waals surface area contributed by atoms with E-state index in [9.17, 15) is 5.11 Å². The lowest BCUT2D eigenvalue weighted by Crippen LogP contribution is -2.41. The number of aliphatic hydroxyl groups is 1. The van der Waals surface area contributed by atoms with Crippen molar-refractivity contribution in [2.45, 2.75) is 50.9 Å². The van der Waals surface area contributed by atoms with E-state index in [0.717, 1.165) is 25.3 Å². The SMILES string of the molecule is CC1CCCC(OCC(O)CNCC2COCCO2)C1. The summed E-state index contributed by atoms with van der Waals surface area (Å²) >= 11 is 0. The molecule has 1 aliphatic carbocycles. The van der Waals surface area contributed by atoms with Crippen molar-refractivity contribution in [1.29, 1.82) is 0 Å². The van der Waals surface area contributed by atoms with E-state index in [-0.39, 0.29) is 6.10 Å². The second kappa shape index (κ2) is 8.95. The van der Waals surface area contributed by atoms with Crippen LogP contribution in [-0.4, -0.2) is 62.9 Å². The van der Waals surface area contributed by atoms with Crippen molar-refractivity contribution < 1.29 is 19.3 Å². The fraction of sp³-hybridized carbons (Fsp3) is 1.00. The molecule has 2 N–H and O–H groups in total. The first-order valence-electron chi connectivity index (χ1n) is 7.93. The van der Waals surface area contributed by atoms with E-state index in [1.165, 1.54) is 12.8 Å². The molecule has 1 heterocycles. The summed E-state index contributed by atoms with van der Waals surface area (Å²) < 4.78 is 16.7. The fourth-order valence-corrected chi connectivity index (χ4v) is 2.90. The van der Waals surface area contributed by atoms with E-state index in [2.05, 4.69) is 12.2 Å². The molecule has 0 spiro atoms. The van der Waals surface area contributed by atoms with Gasteiger partial charge in [0.25, 0.3) is 0 Å². The average Bonchev–Trinajstić information content (AvgIpc) is 2.46. The van der Waals surface area contributed by atoms with E-state index < -0.39 is 6.10 Å². The van der Waals surface area contributed by atoms with Crippen molar-refractivity contribution in [1.82, 2.24) is 5.32 Å². The van der Waals surface area contributed by atoms with Crippen molar-refractivity contribution in [3.05, 3.63) is 0 Å². The number of aliphatic hydroxyl groups excluding tert-OH is 1. The lowest BCUT2D eigenvalue weighted by atomic mass is 9.89. The molecule has 0 amide bonds. The number of nitrogens with one attached hydrogen (secondary N) is 1. The van der Waals surface area contributed by atoms with Gasteiger partial charge in [0.05, 0.1) is 44.7 Å². The first-order chi connectivity index (χ1) is 9.74. The highest BCUT2D eigenvalue weighted by molar-refractivity contribution is 4.72. The molecule has 0 aromatic heterocycles. The molecule has 1 aliphatic heterocycles. The third kappa shape index (κ3) is 6.06. The number of hydrogen-bond acceptors (Lipinski definition) is 5. The molecule has 1 saturated heterocycles. The first kappa shape index (κ1) is 16.2. The van der Waals surface area contributed by atoms with Gasteiger partial charge in [-0.2, -0.15) is 0 Å². The Bertz CT molecular complexity index is 258. The Balaban J connectivity index is 1.50. The highest BCUT2D eigenvalue weighted by Crippen LogP contribution is 2.25. The van der Waals surface area contributed by atoms with Gasteiger partial charge in [-0.15, -0.1) is 0 Å².